The van der Waals surface area contributed by atoms with E-state index in [1.165, 1.54) is 11.3 Å². The molecule has 1 unspecified atom stereocenters. The van der Waals surface area contributed by atoms with E-state index in [-0.39, 0.29) is 12.5 Å². The van der Waals surface area contributed by atoms with E-state index in [2.05, 4.69) is 27.9 Å². The molecule has 2 aromatic rings. The molecule has 0 aliphatic heterocycles. The van der Waals surface area contributed by atoms with E-state index in [1.54, 1.807) is 7.05 Å². The predicted molar refractivity (Wildman–Crippen MR) is 101 cm³/mol. The summed E-state index contributed by atoms with van der Waals surface area (Å²) in [7, 11) is 1.65. The van der Waals surface area contributed by atoms with E-state index < -0.39 is 0 Å². The Labute approximate surface area is 154 Å². The Morgan fingerprint density at radius 2 is 2.15 bits per heavy atom. The van der Waals surface area contributed by atoms with Crippen LogP contribution in [-0.2, 0) is 25.8 Å². The van der Waals surface area contributed by atoms with Crippen LogP contribution in [0.15, 0.2) is 30.3 Å². The normalized spacial score (nSPS) is 16.3. The molecule has 140 valence electrons. The summed E-state index contributed by atoms with van der Waals surface area (Å²) in [5.74, 6) is -0.115. The van der Waals surface area contributed by atoms with Crippen molar-refractivity contribution in [3.8, 4) is 0 Å². The van der Waals surface area contributed by atoms with Crippen molar-refractivity contribution in [2.45, 2.75) is 44.7 Å². The van der Waals surface area contributed by atoms with Crippen LogP contribution in [0.25, 0.3) is 0 Å². The Balaban J connectivity index is 1.76. The van der Waals surface area contributed by atoms with Gasteiger partial charge in [0.2, 0.25) is 0 Å². The third-order valence-corrected chi connectivity index (χ3v) is 5.01. The zero-order chi connectivity index (χ0) is 18.4. The molecule has 1 aromatic carbocycles. The zero-order valence-corrected chi connectivity index (χ0v) is 15.4. The number of aliphatic hydroxyl groups is 1. The maximum Gasteiger partial charge on any atom is 0.271 e. The van der Waals surface area contributed by atoms with E-state index in [4.69, 9.17) is 5.11 Å². The van der Waals surface area contributed by atoms with Gasteiger partial charge in [0.15, 0.2) is 5.69 Å². The van der Waals surface area contributed by atoms with E-state index in [1.807, 2.05) is 22.9 Å². The average Bonchev–Trinajstić information content (AvgIpc) is 3.05. The smallest absolute Gasteiger partial charge is 0.271 e. The summed E-state index contributed by atoms with van der Waals surface area (Å²) in [5, 5.41) is 19.8. The second-order valence-corrected chi connectivity index (χ2v) is 6.78. The monoisotopic (exact) mass is 356 g/mol. The summed E-state index contributed by atoms with van der Waals surface area (Å²) in [4.78, 5) is 12.3. The molecule has 6 heteroatoms. The summed E-state index contributed by atoms with van der Waals surface area (Å²) in [6.45, 7) is 1.78. The van der Waals surface area contributed by atoms with Gasteiger partial charge in [0.1, 0.15) is 0 Å². The van der Waals surface area contributed by atoms with Crippen LogP contribution >= 0.6 is 0 Å². The van der Waals surface area contributed by atoms with Gasteiger partial charge < -0.3 is 15.7 Å². The summed E-state index contributed by atoms with van der Waals surface area (Å²) < 4.78 is 2.02. The predicted octanol–water partition coefficient (Wildman–Crippen LogP) is 1.31. The van der Waals surface area contributed by atoms with Gasteiger partial charge in [-0.25, -0.2) is 0 Å². The summed E-state index contributed by atoms with van der Waals surface area (Å²) in [6.07, 6.45) is 4.42. The van der Waals surface area contributed by atoms with Crippen LogP contribution in [0.3, 0.4) is 0 Å². The van der Waals surface area contributed by atoms with E-state index in [9.17, 15) is 4.79 Å². The highest BCUT2D eigenvalue weighted by Crippen LogP contribution is 2.25. The number of nitrogens with zero attached hydrogens (tertiary/aromatic N) is 2. The molecule has 0 radical (unpaired) electrons. The minimum absolute atomic E-state index is 0.115. The van der Waals surface area contributed by atoms with Crippen molar-refractivity contribution < 1.29 is 9.90 Å². The van der Waals surface area contributed by atoms with Crippen LogP contribution in [0.1, 0.15) is 40.2 Å². The Morgan fingerprint density at radius 1 is 1.35 bits per heavy atom. The molecule has 1 amide bonds. The van der Waals surface area contributed by atoms with Gasteiger partial charge in [-0.3, -0.25) is 9.48 Å². The van der Waals surface area contributed by atoms with Gasteiger partial charge in [-0.2, -0.15) is 5.10 Å². The van der Waals surface area contributed by atoms with Gasteiger partial charge in [-0.1, -0.05) is 30.3 Å². The zero-order valence-electron chi connectivity index (χ0n) is 15.4. The highest BCUT2D eigenvalue weighted by Gasteiger charge is 2.28. The van der Waals surface area contributed by atoms with E-state index in [0.29, 0.717) is 11.7 Å². The Hall–Kier alpha value is -2.18. The lowest BCUT2D eigenvalue weighted by atomic mass is 9.91. The molecule has 1 aromatic heterocycles. The van der Waals surface area contributed by atoms with Crippen LogP contribution in [0.5, 0.6) is 0 Å². The molecule has 3 N–H and O–H groups in total. The van der Waals surface area contributed by atoms with Crippen LogP contribution in [0.2, 0.25) is 0 Å². The molecular weight excluding hydrogens is 328 g/mol. The van der Waals surface area contributed by atoms with Crippen LogP contribution < -0.4 is 10.6 Å². The third kappa shape index (κ3) is 4.31. The van der Waals surface area contributed by atoms with Crippen molar-refractivity contribution in [1.82, 2.24) is 20.4 Å². The maximum absolute atomic E-state index is 12.3. The van der Waals surface area contributed by atoms with Gasteiger partial charge >= 0.3 is 0 Å². The van der Waals surface area contributed by atoms with Crippen LogP contribution in [-0.4, -0.2) is 47.0 Å². The quantitative estimate of drug-likeness (QED) is 0.623. The van der Waals surface area contributed by atoms with Gasteiger partial charge in [0.05, 0.1) is 0 Å². The lowest BCUT2D eigenvalue weighted by molar-refractivity contribution is 0.0956. The third-order valence-electron chi connectivity index (χ3n) is 5.01. The number of aromatic nitrogens is 2. The van der Waals surface area contributed by atoms with Gasteiger partial charge in [-0.15, -0.1) is 0 Å². The van der Waals surface area contributed by atoms with Crippen molar-refractivity contribution in [3.63, 3.8) is 0 Å². The fraction of sp³-hybridized carbons (Fsp3) is 0.500. The van der Waals surface area contributed by atoms with Crippen LogP contribution in [0.4, 0.5) is 0 Å². The first-order valence-corrected chi connectivity index (χ1v) is 9.41. The number of benzene rings is 1. The number of aliphatic hydroxyl groups excluding tert-OH is 1. The van der Waals surface area contributed by atoms with Gasteiger partial charge in [-0.05, 0) is 44.2 Å². The number of hydrogen-bond donors (Lipinski definition) is 3. The second kappa shape index (κ2) is 8.96. The molecular formula is C20H28N4O2. The highest BCUT2D eigenvalue weighted by atomic mass is 16.3. The summed E-state index contributed by atoms with van der Waals surface area (Å²) in [6, 6.07) is 10.7. The molecule has 0 saturated carbocycles. The number of carbonyl (C=O) groups is 1. The summed E-state index contributed by atoms with van der Waals surface area (Å²) in [5.41, 5.74) is 4.10. The van der Waals surface area contributed by atoms with Crippen molar-refractivity contribution in [2.24, 2.45) is 0 Å². The average molecular weight is 356 g/mol. The van der Waals surface area contributed by atoms with E-state index >= 15 is 0 Å². The lowest BCUT2D eigenvalue weighted by Gasteiger charge is -2.24. The van der Waals surface area contributed by atoms with Crippen molar-refractivity contribution in [3.05, 3.63) is 52.8 Å². The molecule has 1 aliphatic carbocycles. The first kappa shape index (κ1) is 18.6. The second-order valence-electron chi connectivity index (χ2n) is 6.78. The molecule has 0 spiro atoms. The number of hydrogen-bond acceptors (Lipinski definition) is 4. The Bertz CT molecular complexity index is 727. The number of nitrogens with one attached hydrogen (secondary N) is 2. The number of aryl methyl sites for hydroxylation is 2. The fourth-order valence-corrected chi connectivity index (χ4v) is 3.61. The first-order chi connectivity index (χ1) is 12.7. The molecule has 1 aliphatic rings. The lowest BCUT2D eigenvalue weighted by Crippen LogP contribution is -2.36. The molecule has 1 heterocycles. The molecule has 26 heavy (non-hydrogen) atoms. The van der Waals surface area contributed by atoms with Crippen LogP contribution in [0, 0.1) is 0 Å². The first-order valence-electron chi connectivity index (χ1n) is 9.41. The summed E-state index contributed by atoms with van der Waals surface area (Å²) >= 11 is 0. The minimum atomic E-state index is -0.115. The SMILES string of the molecule is CNC(=O)c1nn(CCc2ccccc2)c2c1CC(NCCCO)CC2. The molecule has 3 rings (SSSR count). The number of amides is 1. The van der Waals surface area contributed by atoms with E-state index in [0.717, 1.165) is 50.8 Å². The number of carbonyl (C=O) groups excluding carboxylic acids is 1. The van der Waals surface area contributed by atoms with Crippen molar-refractivity contribution in [1.29, 1.82) is 0 Å². The fourth-order valence-electron chi connectivity index (χ4n) is 3.61. The molecule has 6 nitrogen and oxygen atoms in total. The molecule has 0 saturated heterocycles. The van der Waals surface area contributed by atoms with Gasteiger partial charge in [0.25, 0.3) is 5.91 Å². The standard InChI is InChI=1S/C20H28N4O2/c1-21-20(26)19-17-14-16(22-11-5-13-25)8-9-18(17)24(23-19)12-10-15-6-3-2-4-7-15/h2-4,6-7,16,22,25H,5,8-14H2,1H3,(H,21,26). The topological polar surface area (TPSA) is 79.2 Å². The molecule has 0 bridgehead atoms. The Kier molecular flexibility index (Phi) is 6.41. The number of rotatable bonds is 8. The molecule has 0 fully saturated rings. The Morgan fingerprint density at radius 3 is 2.88 bits per heavy atom. The maximum atomic E-state index is 12.3. The molecule has 1 atom stereocenters. The minimum Gasteiger partial charge on any atom is -0.396 e. The van der Waals surface area contributed by atoms with Crippen molar-refractivity contribution >= 4 is 5.91 Å². The highest BCUT2D eigenvalue weighted by molar-refractivity contribution is 5.93. The van der Waals surface area contributed by atoms with Gasteiger partial charge in [0, 0.05) is 37.5 Å². The van der Waals surface area contributed by atoms with Crippen molar-refractivity contribution in [2.75, 3.05) is 20.2 Å². The number of fused-ring (bicyclic) bond motifs is 1. The largest absolute Gasteiger partial charge is 0.396 e.